The molecule has 5 nitrogen and oxygen atoms in total. The third-order valence-corrected chi connectivity index (χ3v) is 3.72. The van der Waals surface area contributed by atoms with Crippen molar-refractivity contribution in [2.24, 2.45) is 0 Å². The Morgan fingerprint density at radius 2 is 2.14 bits per heavy atom. The first-order valence-electron chi connectivity index (χ1n) is 6.61. The molecule has 1 aliphatic heterocycles. The minimum atomic E-state index is -0.486. The minimum absolute atomic E-state index is 0.0700. The lowest BCUT2D eigenvalue weighted by atomic mass is 10.1. The molecule has 0 unspecified atom stereocenters. The van der Waals surface area contributed by atoms with Crippen molar-refractivity contribution < 1.29 is 9.31 Å². The summed E-state index contributed by atoms with van der Waals surface area (Å²) in [7, 11) is 0. The molecule has 0 saturated heterocycles. The molecule has 6 heteroatoms. The minimum Gasteiger partial charge on any atom is -0.397 e. The zero-order chi connectivity index (χ0) is 15.0. The maximum atomic E-state index is 13.4. The topological polar surface area (TPSA) is 72.4 Å². The number of nitro benzene ring substituents is 1. The molecule has 0 aliphatic carbocycles. The SMILES string of the molecule is Nc1cccc2c1N(Cc1cc(F)ccc1[N+](=O)[O-])CC2. The van der Waals surface area contributed by atoms with Crippen molar-refractivity contribution in [3.05, 3.63) is 63.5 Å². The van der Waals surface area contributed by atoms with Gasteiger partial charge in [-0.1, -0.05) is 12.1 Å². The second-order valence-corrected chi connectivity index (χ2v) is 5.06. The molecule has 3 rings (SSSR count). The Balaban J connectivity index is 1.97. The van der Waals surface area contributed by atoms with E-state index in [4.69, 9.17) is 5.73 Å². The van der Waals surface area contributed by atoms with Gasteiger partial charge in [0.2, 0.25) is 0 Å². The van der Waals surface area contributed by atoms with Gasteiger partial charge in [-0.15, -0.1) is 0 Å². The van der Waals surface area contributed by atoms with Crippen molar-refractivity contribution in [1.29, 1.82) is 0 Å². The van der Waals surface area contributed by atoms with Crippen LogP contribution in [0.1, 0.15) is 11.1 Å². The predicted octanol–water partition coefficient (Wildman–Crippen LogP) is 2.88. The van der Waals surface area contributed by atoms with Gasteiger partial charge in [0.15, 0.2) is 0 Å². The van der Waals surface area contributed by atoms with Crippen LogP contribution in [0.3, 0.4) is 0 Å². The van der Waals surface area contributed by atoms with E-state index in [1.54, 1.807) is 6.07 Å². The Morgan fingerprint density at radius 3 is 2.90 bits per heavy atom. The smallest absolute Gasteiger partial charge is 0.274 e. The number of benzene rings is 2. The number of fused-ring (bicyclic) bond motifs is 1. The molecule has 0 saturated carbocycles. The van der Waals surface area contributed by atoms with E-state index in [1.165, 1.54) is 12.1 Å². The Labute approximate surface area is 120 Å². The van der Waals surface area contributed by atoms with Crippen LogP contribution in [0.4, 0.5) is 21.5 Å². The first kappa shape index (κ1) is 13.4. The highest BCUT2D eigenvalue weighted by atomic mass is 19.1. The predicted molar refractivity (Wildman–Crippen MR) is 78.7 cm³/mol. The molecule has 108 valence electrons. The van der Waals surface area contributed by atoms with Gasteiger partial charge in [-0.3, -0.25) is 10.1 Å². The quantitative estimate of drug-likeness (QED) is 0.535. The van der Waals surface area contributed by atoms with Crippen LogP contribution in [0.2, 0.25) is 0 Å². The van der Waals surface area contributed by atoms with Gasteiger partial charge in [-0.2, -0.15) is 0 Å². The van der Waals surface area contributed by atoms with E-state index in [1.807, 2.05) is 17.0 Å². The van der Waals surface area contributed by atoms with Gasteiger partial charge in [-0.05, 0) is 30.2 Å². The van der Waals surface area contributed by atoms with Gasteiger partial charge >= 0.3 is 0 Å². The molecule has 0 bridgehead atoms. The van der Waals surface area contributed by atoms with E-state index in [0.29, 0.717) is 11.3 Å². The number of hydrogen-bond acceptors (Lipinski definition) is 4. The Hall–Kier alpha value is -2.63. The van der Waals surface area contributed by atoms with Crippen molar-refractivity contribution in [3.63, 3.8) is 0 Å². The van der Waals surface area contributed by atoms with E-state index in [-0.39, 0.29) is 12.2 Å². The second-order valence-electron chi connectivity index (χ2n) is 5.06. The zero-order valence-corrected chi connectivity index (χ0v) is 11.3. The summed E-state index contributed by atoms with van der Waals surface area (Å²) < 4.78 is 13.4. The van der Waals surface area contributed by atoms with Crippen molar-refractivity contribution in [3.8, 4) is 0 Å². The van der Waals surface area contributed by atoms with Crippen molar-refractivity contribution in [2.75, 3.05) is 17.2 Å². The maximum absolute atomic E-state index is 13.4. The average Bonchev–Trinajstić information content (AvgIpc) is 2.83. The normalized spacial score (nSPS) is 13.3. The number of nitrogens with zero attached hydrogens (tertiary/aromatic N) is 2. The van der Waals surface area contributed by atoms with Crippen LogP contribution in [0, 0.1) is 15.9 Å². The van der Waals surface area contributed by atoms with Crippen LogP contribution < -0.4 is 10.6 Å². The summed E-state index contributed by atoms with van der Waals surface area (Å²) in [5, 5.41) is 11.1. The lowest BCUT2D eigenvalue weighted by Gasteiger charge is -2.21. The summed E-state index contributed by atoms with van der Waals surface area (Å²) >= 11 is 0. The fourth-order valence-corrected chi connectivity index (χ4v) is 2.79. The number of nitro groups is 1. The fraction of sp³-hybridized carbons (Fsp3) is 0.200. The van der Waals surface area contributed by atoms with Crippen molar-refractivity contribution in [1.82, 2.24) is 0 Å². The molecule has 0 atom stereocenters. The summed E-state index contributed by atoms with van der Waals surface area (Å²) in [6.45, 7) is 0.993. The van der Waals surface area contributed by atoms with Crippen LogP contribution >= 0.6 is 0 Å². The lowest BCUT2D eigenvalue weighted by Crippen LogP contribution is -2.21. The number of nitrogen functional groups attached to an aromatic ring is 1. The molecular formula is C15H14FN3O2. The van der Waals surface area contributed by atoms with Gasteiger partial charge in [0, 0.05) is 19.2 Å². The lowest BCUT2D eigenvalue weighted by molar-refractivity contribution is -0.385. The molecule has 1 aliphatic rings. The molecule has 0 fully saturated rings. The molecule has 0 spiro atoms. The highest BCUT2D eigenvalue weighted by Crippen LogP contribution is 2.35. The number of rotatable bonds is 3. The van der Waals surface area contributed by atoms with E-state index in [0.717, 1.165) is 30.3 Å². The van der Waals surface area contributed by atoms with Crippen LogP contribution in [0.15, 0.2) is 36.4 Å². The number of hydrogen-bond donors (Lipinski definition) is 1. The Morgan fingerprint density at radius 1 is 1.33 bits per heavy atom. The van der Waals surface area contributed by atoms with Gasteiger partial charge in [0.1, 0.15) is 5.82 Å². The van der Waals surface area contributed by atoms with Crippen LogP contribution in [0.5, 0.6) is 0 Å². The Bertz CT molecular complexity index is 718. The van der Waals surface area contributed by atoms with Crippen LogP contribution in [-0.2, 0) is 13.0 Å². The number of anilines is 2. The molecule has 0 radical (unpaired) electrons. The first-order valence-corrected chi connectivity index (χ1v) is 6.61. The van der Waals surface area contributed by atoms with Gasteiger partial charge < -0.3 is 10.6 Å². The summed E-state index contributed by atoms with van der Waals surface area (Å²) in [4.78, 5) is 12.5. The zero-order valence-electron chi connectivity index (χ0n) is 11.3. The van der Waals surface area contributed by atoms with Crippen LogP contribution in [0.25, 0.3) is 0 Å². The third kappa shape index (κ3) is 2.40. The average molecular weight is 287 g/mol. The molecule has 0 aromatic heterocycles. The van der Waals surface area contributed by atoms with Crippen molar-refractivity contribution >= 4 is 17.1 Å². The van der Waals surface area contributed by atoms with E-state index in [2.05, 4.69) is 0 Å². The van der Waals surface area contributed by atoms with E-state index < -0.39 is 10.7 Å². The van der Waals surface area contributed by atoms with Gasteiger partial charge in [0.05, 0.1) is 21.9 Å². The number of halogens is 1. The number of nitrogens with two attached hydrogens (primary N) is 1. The van der Waals surface area contributed by atoms with E-state index in [9.17, 15) is 14.5 Å². The van der Waals surface area contributed by atoms with E-state index >= 15 is 0 Å². The molecule has 21 heavy (non-hydrogen) atoms. The highest BCUT2D eigenvalue weighted by Gasteiger charge is 2.24. The summed E-state index contributed by atoms with van der Waals surface area (Å²) in [5.74, 6) is -0.476. The first-order chi connectivity index (χ1) is 10.1. The Kier molecular flexibility index (Phi) is 3.21. The molecular weight excluding hydrogens is 273 g/mol. The third-order valence-electron chi connectivity index (χ3n) is 3.72. The number of para-hydroxylation sites is 1. The standard InChI is InChI=1S/C15H14FN3O2/c16-12-4-5-14(19(20)21)11(8-12)9-18-7-6-10-2-1-3-13(17)15(10)18/h1-5,8H,6-7,9,17H2. The molecule has 2 aromatic rings. The molecule has 1 heterocycles. The van der Waals surface area contributed by atoms with Gasteiger partial charge in [-0.25, -0.2) is 4.39 Å². The fourth-order valence-electron chi connectivity index (χ4n) is 2.79. The summed E-state index contributed by atoms with van der Waals surface area (Å²) in [6, 6.07) is 9.21. The highest BCUT2D eigenvalue weighted by molar-refractivity contribution is 5.74. The monoisotopic (exact) mass is 287 g/mol. The van der Waals surface area contributed by atoms with Gasteiger partial charge in [0.25, 0.3) is 5.69 Å². The maximum Gasteiger partial charge on any atom is 0.274 e. The second kappa shape index (κ2) is 5.05. The molecule has 2 N–H and O–H groups in total. The van der Waals surface area contributed by atoms with Crippen molar-refractivity contribution in [2.45, 2.75) is 13.0 Å². The largest absolute Gasteiger partial charge is 0.397 e. The summed E-state index contributed by atoms with van der Waals surface area (Å²) in [6.07, 6.45) is 0.837. The molecule has 0 amide bonds. The van der Waals surface area contributed by atoms with Crippen LogP contribution in [-0.4, -0.2) is 11.5 Å². The molecule has 2 aromatic carbocycles. The summed E-state index contributed by atoms with van der Waals surface area (Å²) in [5.41, 5.74) is 8.94.